The van der Waals surface area contributed by atoms with Gasteiger partial charge in [0.15, 0.2) is 0 Å². The number of hydrogen-bond acceptors (Lipinski definition) is 3. The van der Waals surface area contributed by atoms with Crippen LogP contribution in [-0.2, 0) is 10.0 Å². The van der Waals surface area contributed by atoms with Crippen LogP contribution in [0.25, 0.3) is 0 Å². The molecule has 1 aromatic carbocycles. The number of rotatable bonds is 6. The van der Waals surface area contributed by atoms with Crippen LogP contribution in [0.3, 0.4) is 0 Å². The highest BCUT2D eigenvalue weighted by Gasteiger charge is 2.25. The summed E-state index contributed by atoms with van der Waals surface area (Å²) in [7, 11) is -3.68. The van der Waals surface area contributed by atoms with Crippen LogP contribution in [0.4, 0.5) is 0 Å². The van der Waals surface area contributed by atoms with E-state index in [0.717, 1.165) is 0 Å². The first-order valence-corrected chi connectivity index (χ1v) is 8.28. The Balaban J connectivity index is 3.31. The largest absolute Gasteiger partial charge is 0.352 e. The van der Waals surface area contributed by atoms with Gasteiger partial charge in [0.2, 0.25) is 10.0 Å². The second-order valence-corrected chi connectivity index (χ2v) is 6.41. The maximum Gasteiger partial charge on any atom is 0.251 e. The van der Waals surface area contributed by atoms with Crippen LogP contribution in [0.15, 0.2) is 23.1 Å². The van der Waals surface area contributed by atoms with Crippen molar-refractivity contribution >= 4 is 27.5 Å². The standard InChI is InChI=1S/C13H19ClN2O3S/c1-4-15-13(17)10-7-8-11(14)12(9-10)20(18,19)16(5-2)6-3/h7-9H,4-6H2,1-3H3,(H,15,17). The molecule has 0 aliphatic heterocycles. The monoisotopic (exact) mass is 318 g/mol. The first-order chi connectivity index (χ1) is 9.38. The fraction of sp³-hybridized carbons (Fsp3) is 0.462. The molecule has 1 aromatic rings. The van der Waals surface area contributed by atoms with Crippen molar-refractivity contribution in [2.75, 3.05) is 19.6 Å². The third-order valence-electron chi connectivity index (χ3n) is 2.85. The molecule has 0 saturated carbocycles. The summed E-state index contributed by atoms with van der Waals surface area (Å²) in [5.41, 5.74) is 0.280. The SMILES string of the molecule is CCNC(=O)c1ccc(Cl)c(S(=O)(=O)N(CC)CC)c1. The Bertz CT molecular complexity index is 583. The fourth-order valence-electron chi connectivity index (χ4n) is 1.81. The number of carbonyl (C=O) groups is 1. The van der Waals surface area contributed by atoms with Gasteiger partial charge in [-0.1, -0.05) is 25.4 Å². The van der Waals surface area contributed by atoms with E-state index in [9.17, 15) is 13.2 Å². The van der Waals surface area contributed by atoms with Crippen LogP contribution < -0.4 is 5.32 Å². The average molecular weight is 319 g/mol. The molecule has 1 amide bonds. The van der Waals surface area contributed by atoms with E-state index in [4.69, 9.17) is 11.6 Å². The van der Waals surface area contributed by atoms with E-state index in [1.807, 2.05) is 0 Å². The van der Waals surface area contributed by atoms with Gasteiger partial charge in [0.1, 0.15) is 4.90 Å². The minimum absolute atomic E-state index is 0.0355. The Morgan fingerprint density at radius 2 is 1.85 bits per heavy atom. The zero-order chi connectivity index (χ0) is 15.3. The quantitative estimate of drug-likeness (QED) is 0.873. The van der Waals surface area contributed by atoms with Crippen LogP contribution in [0.5, 0.6) is 0 Å². The molecule has 0 spiro atoms. The molecule has 1 N–H and O–H groups in total. The topological polar surface area (TPSA) is 66.5 Å². The van der Waals surface area contributed by atoms with Gasteiger partial charge in [0.25, 0.3) is 5.91 Å². The van der Waals surface area contributed by atoms with Crippen molar-refractivity contribution < 1.29 is 13.2 Å². The highest BCUT2D eigenvalue weighted by molar-refractivity contribution is 7.89. The van der Waals surface area contributed by atoms with Crippen LogP contribution in [0.1, 0.15) is 31.1 Å². The summed E-state index contributed by atoms with van der Waals surface area (Å²) >= 11 is 5.98. The van der Waals surface area contributed by atoms with E-state index in [2.05, 4.69) is 5.32 Å². The minimum Gasteiger partial charge on any atom is -0.352 e. The Kier molecular flexibility index (Phi) is 5.98. The van der Waals surface area contributed by atoms with Gasteiger partial charge < -0.3 is 5.32 Å². The van der Waals surface area contributed by atoms with Crippen molar-refractivity contribution in [3.05, 3.63) is 28.8 Å². The summed E-state index contributed by atoms with van der Waals surface area (Å²) in [6.45, 7) is 6.47. The van der Waals surface area contributed by atoms with Crippen molar-refractivity contribution in [1.82, 2.24) is 9.62 Å². The van der Waals surface area contributed by atoms with Gasteiger partial charge in [-0.3, -0.25) is 4.79 Å². The molecule has 0 fully saturated rings. The molecule has 0 unspecified atom stereocenters. The lowest BCUT2D eigenvalue weighted by Crippen LogP contribution is -2.31. The number of sulfonamides is 1. The van der Waals surface area contributed by atoms with Crippen molar-refractivity contribution in [2.24, 2.45) is 0 Å². The van der Waals surface area contributed by atoms with E-state index in [0.29, 0.717) is 19.6 Å². The van der Waals surface area contributed by atoms with Gasteiger partial charge in [-0.15, -0.1) is 0 Å². The smallest absolute Gasteiger partial charge is 0.251 e. The first-order valence-electron chi connectivity index (χ1n) is 6.46. The Morgan fingerprint density at radius 1 is 1.25 bits per heavy atom. The zero-order valence-corrected chi connectivity index (χ0v) is 13.4. The fourth-order valence-corrected chi connectivity index (χ4v) is 3.77. The summed E-state index contributed by atoms with van der Waals surface area (Å²) < 4.78 is 26.2. The third-order valence-corrected chi connectivity index (χ3v) is 5.39. The molecule has 20 heavy (non-hydrogen) atoms. The van der Waals surface area contributed by atoms with Gasteiger partial charge >= 0.3 is 0 Å². The molecule has 0 radical (unpaired) electrons. The van der Waals surface area contributed by atoms with E-state index in [1.54, 1.807) is 20.8 Å². The Hall–Kier alpha value is -1.11. The maximum absolute atomic E-state index is 12.5. The normalized spacial score (nSPS) is 11.7. The van der Waals surface area contributed by atoms with Gasteiger partial charge in [-0.25, -0.2) is 8.42 Å². The molecule has 0 atom stereocenters. The van der Waals surface area contributed by atoms with Crippen LogP contribution in [0.2, 0.25) is 5.02 Å². The summed E-state index contributed by atoms with van der Waals surface area (Å²) in [5, 5.41) is 2.74. The second kappa shape index (κ2) is 7.06. The van der Waals surface area contributed by atoms with E-state index >= 15 is 0 Å². The molecule has 0 aliphatic carbocycles. The lowest BCUT2D eigenvalue weighted by Gasteiger charge is -2.19. The van der Waals surface area contributed by atoms with E-state index in [-0.39, 0.29) is 21.4 Å². The molecule has 0 aliphatic rings. The molecular weight excluding hydrogens is 300 g/mol. The highest BCUT2D eigenvalue weighted by atomic mass is 35.5. The lowest BCUT2D eigenvalue weighted by atomic mass is 10.2. The summed E-state index contributed by atoms with van der Waals surface area (Å²) in [4.78, 5) is 11.7. The van der Waals surface area contributed by atoms with Crippen LogP contribution in [-0.4, -0.2) is 38.3 Å². The third kappa shape index (κ3) is 3.50. The van der Waals surface area contributed by atoms with Gasteiger partial charge in [0.05, 0.1) is 5.02 Å². The maximum atomic E-state index is 12.5. The number of nitrogens with one attached hydrogen (secondary N) is 1. The average Bonchev–Trinajstić information content (AvgIpc) is 2.40. The van der Waals surface area contributed by atoms with Gasteiger partial charge in [-0.2, -0.15) is 4.31 Å². The molecule has 0 bridgehead atoms. The van der Waals surface area contributed by atoms with Crippen molar-refractivity contribution in [1.29, 1.82) is 0 Å². The van der Waals surface area contributed by atoms with E-state index < -0.39 is 10.0 Å². The van der Waals surface area contributed by atoms with Gasteiger partial charge in [-0.05, 0) is 25.1 Å². The highest BCUT2D eigenvalue weighted by Crippen LogP contribution is 2.25. The van der Waals surface area contributed by atoms with Gasteiger partial charge in [0, 0.05) is 25.2 Å². The lowest BCUT2D eigenvalue weighted by molar-refractivity contribution is 0.0955. The van der Waals surface area contributed by atoms with Crippen molar-refractivity contribution in [3.63, 3.8) is 0 Å². The van der Waals surface area contributed by atoms with Crippen molar-refractivity contribution in [2.45, 2.75) is 25.7 Å². The Morgan fingerprint density at radius 3 is 2.35 bits per heavy atom. The summed E-state index contributed by atoms with van der Waals surface area (Å²) in [6.07, 6.45) is 0. The predicted molar refractivity (Wildman–Crippen MR) is 79.6 cm³/mol. The summed E-state index contributed by atoms with van der Waals surface area (Å²) in [5.74, 6) is -0.319. The molecule has 0 heterocycles. The summed E-state index contributed by atoms with van der Waals surface area (Å²) in [6, 6.07) is 4.26. The number of carbonyl (C=O) groups excluding carboxylic acids is 1. The molecular formula is C13H19ClN2O3S. The molecule has 0 saturated heterocycles. The number of hydrogen-bond donors (Lipinski definition) is 1. The van der Waals surface area contributed by atoms with Crippen molar-refractivity contribution in [3.8, 4) is 0 Å². The van der Waals surface area contributed by atoms with Crippen LogP contribution >= 0.6 is 11.6 Å². The Labute approximate surface area is 125 Å². The molecule has 7 heteroatoms. The molecule has 1 rings (SSSR count). The predicted octanol–water partition coefficient (Wildman–Crippen LogP) is 2.12. The van der Waals surface area contributed by atoms with Crippen LogP contribution in [0, 0.1) is 0 Å². The number of nitrogens with zero attached hydrogens (tertiary/aromatic N) is 1. The minimum atomic E-state index is -3.68. The van der Waals surface area contributed by atoms with E-state index in [1.165, 1.54) is 22.5 Å². The molecule has 112 valence electrons. The molecule has 0 aromatic heterocycles. The second-order valence-electron chi connectivity index (χ2n) is 4.09. The zero-order valence-electron chi connectivity index (χ0n) is 11.8. The molecule has 5 nitrogen and oxygen atoms in total. The number of amides is 1. The first kappa shape index (κ1) is 16.9. The number of benzene rings is 1. The number of halogens is 1.